The highest BCUT2D eigenvalue weighted by molar-refractivity contribution is 6.30. The predicted molar refractivity (Wildman–Crippen MR) is 98.6 cm³/mol. The molecule has 0 saturated carbocycles. The molecule has 0 aliphatic carbocycles. The van der Waals surface area contributed by atoms with Gasteiger partial charge < -0.3 is 10.1 Å². The molecule has 0 atom stereocenters. The van der Waals surface area contributed by atoms with Gasteiger partial charge in [0.05, 0.1) is 10.5 Å². The van der Waals surface area contributed by atoms with Gasteiger partial charge in [0.25, 0.3) is 0 Å². The Morgan fingerprint density at radius 1 is 0.840 bits per heavy atom. The molecule has 0 fully saturated rings. The molecule has 2 aromatic heterocycles. The Labute approximate surface area is 149 Å². The van der Waals surface area contributed by atoms with E-state index in [1.165, 1.54) is 0 Å². The molecule has 2 heterocycles. The number of aromatic nitrogens is 3. The lowest BCUT2D eigenvalue weighted by Crippen LogP contribution is -1.96. The van der Waals surface area contributed by atoms with Gasteiger partial charge in [-0.15, -0.1) is 0 Å². The molecule has 1 N–H and O–H groups in total. The number of nitrogens with zero attached hydrogens (tertiary/aromatic N) is 3. The third-order valence-corrected chi connectivity index (χ3v) is 3.81. The van der Waals surface area contributed by atoms with Crippen LogP contribution in [-0.4, -0.2) is 15.0 Å². The summed E-state index contributed by atoms with van der Waals surface area (Å²) in [5.74, 6) is 1.94. The number of benzene rings is 2. The molecule has 5 nitrogen and oxygen atoms in total. The molecule has 0 aliphatic heterocycles. The first-order chi connectivity index (χ1) is 12.3. The van der Waals surface area contributed by atoms with E-state index in [-0.39, 0.29) is 0 Å². The number of anilines is 2. The molecule has 0 aliphatic rings. The molecular formula is C19H13ClN4O. The van der Waals surface area contributed by atoms with Crippen LogP contribution < -0.4 is 10.1 Å². The van der Waals surface area contributed by atoms with E-state index < -0.39 is 0 Å². The van der Waals surface area contributed by atoms with Crippen LogP contribution in [0.15, 0.2) is 73.2 Å². The summed E-state index contributed by atoms with van der Waals surface area (Å²) in [6.07, 6.45) is 3.10. The highest BCUT2D eigenvalue weighted by atomic mass is 35.5. The van der Waals surface area contributed by atoms with E-state index in [2.05, 4.69) is 20.3 Å². The lowest BCUT2D eigenvalue weighted by Gasteiger charge is -2.09. The number of para-hydroxylation sites is 1. The van der Waals surface area contributed by atoms with Gasteiger partial charge in [0, 0.05) is 23.3 Å². The van der Waals surface area contributed by atoms with Crippen molar-refractivity contribution in [3.63, 3.8) is 0 Å². The molecule has 0 saturated heterocycles. The van der Waals surface area contributed by atoms with Gasteiger partial charge in [-0.05, 0) is 42.5 Å². The van der Waals surface area contributed by atoms with Crippen LogP contribution in [0.2, 0.25) is 5.02 Å². The number of rotatable bonds is 4. The van der Waals surface area contributed by atoms with E-state index in [1.807, 2.05) is 48.5 Å². The van der Waals surface area contributed by atoms with Gasteiger partial charge in [-0.2, -0.15) is 0 Å². The summed E-state index contributed by atoms with van der Waals surface area (Å²) >= 11 is 5.82. The average molecular weight is 349 g/mol. The van der Waals surface area contributed by atoms with Crippen LogP contribution in [-0.2, 0) is 0 Å². The zero-order valence-corrected chi connectivity index (χ0v) is 13.8. The molecule has 6 heteroatoms. The van der Waals surface area contributed by atoms with Crippen molar-refractivity contribution in [3.05, 3.63) is 78.2 Å². The fraction of sp³-hybridized carbons (Fsp3) is 0. The maximum atomic E-state index is 5.82. The molecule has 122 valence electrons. The molecule has 0 bridgehead atoms. The van der Waals surface area contributed by atoms with Gasteiger partial charge in [-0.3, -0.25) is 0 Å². The normalized spacial score (nSPS) is 10.6. The Kier molecular flexibility index (Phi) is 4.14. The average Bonchev–Trinajstić information content (AvgIpc) is 2.65. The molecular weight excluding hydrogens is 336 g/mol. The Morgan fingerprint density at radius 2 is 1.68 bits per heavy atom. The van der Waals surface area contributed by atoms with Crippen LogP contribution in [0.4, 0.5) is 11.5 Å². The molecule has 0 radical (unpaired) electrons. The van der Waals surface area contributed by atoms with Crippen molar-refractivity contribution in [2.45, 2.75) is 0 Å². The first-order valence-corrected chi connectivity index (χ1v) is 8.02. The maximum Gasteiger partial charge on any atom is 0.219 e. The van der Waals surface area contributed by atoms with Gasteiger partial charge in [0.2, 0.25) is 5.88 Å². The summed E-state index contributed by atoms with van der Waals surface area (Å²) < 4.78 is 5.69. The predicted octanol–water partition coefficient (Wildman–Crippen LogP) is 5.21. The van der Waals surface area contributed by atoms with Crippen molar-refractivity contribution >= 4 is 34.0 Å². The van der Waals surface area contributed by atoms with Crippen molar-refractivity contribution in [1.29, 1.82) is 0 Å². The van der Waals surface area contributed by atoms with Crippen LogP contribution in [0, 0.1) is 0 Å². The standard InChI is InChI=1S/C19H13ClN4O/c20-13-5-10-18(21-11-13)25-15-8-6-14(7-9-15)24-19-16-3-1-2-4-17(16)22-12-23-19/h1-12H,(H,22,23,24). The number of pyridine rings is 1. The number of hydrogen-bond acceptors (Lipinski definition) is 5. The summed E-state index contributed by atoms with van der Waals surface area (Å²) in [6, 6.07) is 18.9. The number of ether oxygens (including phenoxy) is 1. The minimum absolute atomic E-state index is 0.493. The first-order valence-electron chi connectivity index (χ1n) is 7.64. The number of nitrogens with one attached hydrogen (secondary N) is 1. The lowest BCUT2D eigenvalue weighted by atomic mass is 10.2. The van der Waals surface area contributed by atoms with Crippen molar-refractivity contribution in [2.75, 3.05) is 5.32 Å². The van der Waals surface area contributed by atoms with Crippen LogP contribution in [0.1, 0.15) is 0 Å². The zero-order valence-electron chi connectivity index (χ0n) is 13.1. The maximum absolute atomic E-state index is 5.82. The summed E-state index contributed by atoms with van der Waals surface area (Å²) in [5.41, 5.74) is 1.80. The van der Waals surface area contributed by atoms with Crippen LogP contribution in [0.25, 0.3) is 10.9 Å². The van der Waals surface area contributed by atoms with E-state index in [4.69, 9.17) is 16.3 Å². The first kappa shape index (κ1) is 15.4. The molecule has 0 unspecified atom stereocenters. The highest BCUT2D eigenvalue weighted by Gasteiger charge is 2.04. The van der Waals surface area contributed by atoms with Crippen LogP contribution in [0.3, 0.4) is 0 Å². The van der Waals surface area contributed by atoms with E-state index in [0.717, 1.165) is 22.4 Å². The largest absolute Gasteiger partial charge is 0.439 e. The number of fused-ring (bicyclic) bond motifs is 1. The molecule has 25 heavy (non-hydrogen) atoms. The number of halogens is 1. The zero-order chi connectivity index (χ0) is 17.1. The Balaban J connectivity index is 1.53. The van der Waals surface area contributed by atoms with Crippen LogP contribution in [0.5, 0.6) is 11.6 Å². The Bertz CT molecular complexity index is 998. The minimum atomic E-state index is 0.493. The molecule has 0 spiro atoms. The fourth-order valence-electron chi connectivity index (χ4n) is 2.39. The molecule has 2 aromatic carbocycles. The quantitative estimate of drug-likeness (QED) is 0.548. The second-order valence-electron chi connectivity index (χ2n) is 5.31. The molecule has 4 aromatic rings. The minimum Gasteiger partial charge on any atom is -0.439 e. The monoisotopic (exact) mass is 348 g/mol. The van der Waals surface area contributed by atoms with Gasteiger partial charge in [0.15, 0.2) is 0 Å². The van der Waals surface area contributed by atoms with Crippen molar-refractivity contribution in [2.24, 2.45) is 0 Å². The second kappa shape index (κ2) is 6.75. The summed E-state index contributed by atoms with van der Waals surface area (Å²) in [6.45, 7) is 0. The third kappa shape index (κ3) is 3.51. The summed E-state index contributed by atoms with van der Waals surface area (Å²) in [4.78, 5) is 12.7. The SMILES string of the molecule is Clc1ccc(Oc2ccc(Nc3ncnc4ccccc34)cc2)nc1. The lowest BCUT2D eigenvalue weighted by molar-refractivity contribution is 0.463. The van der Waals surface area contributed by atoms with Crippen molar-refractivity contribution in [1.82, 2.24) is 15.0 Å². The van der Waals surface area contributed by atoms with E-state index in [1.54, 1.807) is 24.7 Å². The highest BCUT2D eigenvalue weighted by Crippen LogP contribution is 2.26. The topological polar surface area (TPSA) is 59.9 Å². The van der Waals surface area contributed by atoms with Crippen LogP contribution >= 0.6 is 11.6 Å². The summed E-state index contributed by atoms with van der Waals surface area (Å²) in [7, 11) is 0. The fourth-order valence-corrected chi connectivity index (χ4v) is 2.50. The smallest absolute Gasteiger partial charge is 0.219 e. The van der Waals surface area contributed by atoms with Gasteiger partial charge >= 0.3 is 0 Å². The summed E-state index contributed by atoms with van der Waals surface area (Å²) in [5, 5.41) is 4.85. The Morgan fingerprint density at radius 3 is 2.48 bits per heavy atom. The molecule has 4 rings (SSSR count). The van der Waals surface area contributed by atoms with E-state index in [9.17, 15) is 0 Å². The second-order valence-corrected chi connectivity index (χ2v) is 5.74. The third-order valence-electron chi connectivity index (χ3n) is 3.58. The Hall–Kier alpha value is -3.18. The van der Waals surface area contributed by atoms with Gasteiger partial charge in [0.1, 0.15) is 17.9 Å². The number of hydrogen-bond donors (Lipinski definition) is 1. The van der Waals surface area contributed by atoms with E-state index >= 15 is 0 Å². The van der Waals surface area contributed by atoms with Crippen molar-refractivity contribution in [3.8, 4) is 11.6 Å². The van der Waals surface area contributed by atoms with Crippen molar-refractivity contribution < 1.29 is 4.74 Å². The van der Waals surface area contributed by atoms with E-state index in [0.29, 0.717) is 16.7 Å². The van der Waals surface area contributed by atoms with Gasteiger partial charge in [-0.1, -0.05) is 23.7 Å². The van der Waals surface area contributed by atoms with Gasteiger partial charge in [-0.25, -0.2) is 15.0 Å². The molecule has 0 amide bonds.